The lowest BCUT2D eigenvalue weighted by Gasteiger charge is -2.15. The summed E-state index contributed by atoms with van der Waals surface area (Å²) in [6.07, 6.45) is 0. The average Bonchev–Trinajstić information content (AvgIpc) is 2.10. The maximum absolute atomic E-state index is 13.2. The van der Waals surface area contributed by atoms with E-state index in [1.165, 1.54) is 12.1 Å². The van der Waals surface area contributed by atoms with Crippen molar-refractivity contribution in [3.05, 3.63) is 35.4 Å². The zero-order valence-corrected chi connectivity index (χ0v) is 8.69. The molecule has 0 spiro atoms. The van der Waals surface area contributed by atoms with Crippen LogP contribution in [0, 0.1) is 11.6 Å². The van der Waals surface area contributed by atoms with Gasteiger partial charge in [-0.2, -0.15) is 0 Å². The molecule has 0 bridgehead atoms. The minimum Gasteiger partial charge on any atom is -0.301 e. The molecule has 0 heterocycles. The summed E-state index contributed by atoms with van der Waals surface area (Å²) in [6.45, 7) is 1.12. The largest absolute Gasteiger partial charge is 0.301 e. The number of benzene rings is 1. The standard InChI is InChI=1S/C10H12ClF2N/c1-14(5-4-11)7-8-2-3-9(12)6-10(8)13/h2-3,6H,4-5,7H2,1H3. The number of rotatable bonds is 4. The van der Waals surface area contributed by atoms with Crippen LogP contribution in [0.15, 0.2) is 18.2 Å². The van der Waals surface area contributed by atoms with Crippen LogP contribution in [0.2, 0.25) is 0 Å². The summed E-state index contributed by atoms with van der Waals surface area (Å²) in [5.74, 6) is -0.558. The molecule has 0 saturated carbocycles. The van der Waals surface area contributed by atoms with Gasteiger partial charge in [-0.1, -0.05) is 6.07 Å². The lowest BCUT2D eigenvalue weighted by atomic mass is 10.2. The quantitative estimate of drug-likeness (QED) is 0.704. The Hall–Kier alpha value is -0.670. The van der Waals surface area contributed by atoms with Crippen molar-refractivity contribution >= 4 is 11.6 Å². The predicted octanol–water partition coefficient (Wildman–Crippen LogP) is 2.64. The predicted molar refractivity (Wildman–Crippen MR) is 53.4 cm³/mol. The number of nitrogens with zero attached hydrogens (tertiary/aromatic N) is 1. The normalized spacial score (nSPS) is 10.9. The molecule has 0 aliphatic heterocycles. The van der Waals surface area contributed by atoms with Gasteiger partial charge in [-0.3, -0.25) is 0 Å². The van der Waals surface area contributed by atoms with Gasteiger partial charge in [0.2, 0.25) is 0 Å². The third kappa shape index (κ3) is 3.24. The molecule has 78 valence electrons. The van der Waals surface area contributed by atoms with Gasteiger partial charge in [-0.05, 0) is 13.1 Å². The van der Waals surface area contributed by atoms with Crippen LogP contribution in [-0.4, -0.2) is 24.4 Å². The van der Waals surface area contributed by atoms with Crippen LogP contribution in [0.4, 0.5) is 8.78 Å². The molecule has 0 saturated heterocycles. The molecule has 0 amide bonds. The van der Waals surface area contributed by atoms with Crippen molar-refractivity contribution in [1.82, 2.24) is 4.90 Å². The van der Waals surface area contributed by atoms with Gasteiger partial charge in [-0.15, -0.1) is 11.6 Å². The van der Waals surface area contributed by atoms with Crippen LogP contribution >= 0.6 is 11.6 Å². The van der Waals surface area contributed by atoms with Crippen LogP contribution in [0.3, 0.4) is 0 Å². The SMILES string of the molecule is CN(CCCl)Cc1ccc(F)cc1F. The molecule has 0 radical (unpaired) electrons. The first-order valence-corrected chi connectivity index (χ1v) is 4.85. The highest BCUT2D eigenvalue weighted by atomic mass is 35.5. The molecule has 1 aromatic rings. The van der Waals surface area contributed by atoms with E-state index in [2.05, 4.69) is 0 Å². The van der Waals surface area contributed by atoms with Crippen LogP contribution in [0.1, 0.15) is 5.56 Å². The van der Waals surface area contributed by atoms with Crippen LogP contribution in [0.5, 0.6) is 0 Å². The van der Waals surface area contributed by atoms with E-state index >= 15 is 0 Å². The molecule has 0 aliphatic rings. The maximum atomic E-state index is 13.2. The van der Waals surface area contributed by atoms with Crippen molar-refractivity contribution in [1.29, 1.82) is 0 Å². The minimum atomic E-state index is -0.550. The van der Waals surface area contributed by atoms with Gasteiger partial charge < -0.3 is 4.90 Å². The van der Waals surface area contributed by atoms with E-state index in [1.54, 1.807) is 0 Å². The van der Waals surface area contributed by atoms with E-state index in [9.17, 15) is 8.78 Å². The topological polar surface area (TPSA) is 3.24 Å². The Morgan fingerprint density at radius 3 is 2.64 bits per heavy atom. The van der Waals surface area contributed by atoms with E-state index in [0.717, 1.165) is 6.07 Å². The number of hydrogen-bond acceptors (Lipinski definition) is 1. The molecule has 4 heteroatoms. The molecule has 14 heavy (non-hydrogen) atoms. The molecule has 1 aromatic carbocycles. The minimum absolute atomic E-state index is 0.443. The van der Waals surface area contributed by atoms with Crippen molar-refractivity contribution in [2.24, 2.45) is 0 Å². The fourth-order valence-corrected chi connectivity index (χ4v) is 1.45. The van der Waals surface area contributed by atoms with Gasteiger partial charge >= 0.3 is 0 Å². The number of alkyl halides is 1. The van der Waals surface area contributed by atoms with E-state index in [1.807, 2.05) is 11.9 Å². The third-order valence-electron chi connectivity index (χ3n) is 1.92. The number of halogens is 3. The summed E-state index contributed by atoms with van der Waals surface area (Å²) < 4.78 is 25.7. The summed E-state index contributed by atoms with van der Waals surface area (Å²) in [5.41, 5.74) is 0.485. The lowest BCUT2D eigenvalue weighted by molar-refractivity contribution is 0.340. The van der Waals surface area contributed by atoms with Crippen LogP contribution in [0.25, 0.3) is 0 Å². The zero-order valence-electron chi connectivity index (χ0n) is 7.93. The van der Waals surface area contributed by atoms with Gasteiger partial charge in [-0.25, -0.2) is 8.78 Å². The fraction of sp³-hybridized carbons (Fsp3) is 0.400. The van der Waals surface area contributed by atoms with Crippen LogP contribution in [-0.2, 0) is 6.54 Å². The number of hydrogen-bond donors (Lipinski definition) is 0. The summed E-state index contributed by atoms with van der Waals surface area (Å²) in [7, 11) is 1.84. The van der Waals surface area contributed by atoms with Crippen molar-refractivity contribution in [3.8, 4) is 0 Å². The van der Waals surface area contributed by atoms with Gasteiger partial charge in [0.25, 0.3) is 0 Å². The van der Waals surface area contributed by atoms with Gasteiger partial charge in [0.15, 0.2) is 0 Å². The second kappa shape index (κ2) is 5.27. The van der Waals surface area contributed by atoms with E-state index < -0.39 is 11.6 Å². The monoisotopic (exact) mass is 219 g/mol. The molecule has 0 atom stereocenters. The fourth-order valence-electron chi connectivity index (χ4n) is 1.16. The molecule has 0 fully saturated rings. The van der Waals surface area contributed by atoms with Crippen molar-refractivity contribution in [2.45, 2.75) is 6.54 Å². The summed E-state index contributed by atoms with van der Waals surface area (Å²) >= 11 is 5.53. The Labute approximate surface area is 87.3 Å². The lowest BCUT2D eigenvalue weighted by Crippen LogP contribution is -2.20. The summed E-state index contributed by atoms with van der Waals surface area (Å²) in [4.78, 5) is 1.88. The Morgan fingerprint density at radius 2 is 2.07 bits per heavy atom. The zero-order chi connectivity index (χ0) is 10.6. The van der Waals surface area contributed by atoms with Gasteiger partial charge in [0.05, 0.1) is 0 Å². The summed E-state index contributed by atoms with van der Waals surface area (Å²) in [5, 5.41) is 0. The molecular formula is C10H12ClF2N. The second-order valence-corrected chi connectivity index (χ2v) is 3.54. The first-order valence-electron chi connectivity index (χ1n) is 4.32. The molecule has 0 unspecified atom stereocenters. The molecular weight excluding hydrogens is 208 g/mol. The Balaban J connectivity index is 2.67. The average molecular weight is 220 g/mol. The maximum Gasteiger partial charge on any atom is 0.130 e. The molecule has 0 N–H and O–H groups in total. The Kier molecular flexibility index (Phi) is 4.29. The smallest absolute Gasteiger partial charge is 0.130 e. The van der Waals surface area contributed by atoms with Gasteiger partial charge in [0.1, 0.15) is 11.6 Å². The van der Waals surface area contributed by atoms with E-state index in [0.29, 0.717) is 24.5 Å². The highest BCUT2D eigenvalue weighted by Gasteiger charge is 2.06. The van der Waals surface area contributed by atoms with E-state index in [-0.39, 0.29) is 0 Å². The molecule has 1 nitrogen and oxygen atoms in total. The first-order chi connectivity index (χ1) is 6.63. The molecule has 0 aromatic heterocycles. The highest BCUT2D eigenvalue weighted by molar-refractivity contribution is 6.18. The summed E-state index contributed by atoms with van der Waals surface area (Å²) in [6, 6.07) is 3.60. The highest BCUT2D eigenvalue weighted by Crippen LogP contribution is 2.11. The van der Waals surface area contributed by atoms with Crippen molar-refractivity contribution < 1.29 is 8.78 Å². The third-order valence-corrected chi connectivity index (χ3v) is 2.09. The van der Waals surface area contributed by atoms with Crippen molar-refractivity contribution in [2.75, 3.05) is 19.5 Å². The van der Waals surface area contributed by atoms with Gasteiger partial charge in [0, 0.05) is 30.6 Å². The molecule has 0 aliphatic carbocycles. The van der Waals surface area contributed by atoms with Crippen molar-refractivity contribution in [3.63, 3.8) is 0 Å². The van der Waals surface area contributed by atoms with Crippen LogP contribution < -0.4 is 0 Å². The molecule has 1 rings (SSSR count). The second-order valence-electron chi connectivity index (χ2n) is 3.16. The Morgan fingerprint density at radius 1 is 1.36 bits per heavy atom. The van der Waals surface area contributed by atoms with E-state index in [4.69, 9.17) is 11.6 Å². The first kappa shape index (κ1) is 11.4. The Bertz CT molecular complexity index is 304.